The average molecular weight is 507 g/mol. The summed E-state index contributed by atoms with van der Waals surface area (Å²) in [6.45, 7) is 10.1. The summed E-state index contributed by atoms with van der Waals surface area (Å²) in [4.78, 5) is 43.7. The molecule has 7 nitrogen and oxygen atoms in total. The van der Waals surface area contributed by atoms with Gasteiger partial charge in [-0.2, -0.15) is 0 Å². The molecule has 0 aliphatic carbocycles. The molecule has 0 bridgehead atoms. The summed E-state index contributed by atoms with van der Waals surface area (Å²) in [7, 11) is 0. The van der Waals surface area contributed by atoms with Gasteiger partial charge < -0.3 is 20.4 Å². The Morgan fingerprint density at radius 2 is 1.54 bits per heavy atom. The van der Waals surface area contributed by atoms with Crippen molar-refractivity contribution in [2.75, 3.05) is 26.2 Å². The fourth-order valence-corrected chi connectivity index (χ4v) is 4.84. The van der Waals surface area contributed by atoms with E-state index in [2.05, 4.69) is 17.6 Å². The molecule has 7 heteroatoms. The molecule has 0 saturated carbocycles. The third-order valence-electron chi connectivity index (χ3n) is 7.31. The van der Waals surface area contributed by atoms with Gasteiger partial charge in [-0.25, -0.2) is 4.79 Å². The van der Waals surface area contributed by atoms with Gasteiger partial charge in [0.1, 0.15) is 6.04 Å². The van der Waals surface area contributed by atoms with Crippen molar-refractivity contribution >= 4 is 17.8 Å². The third-order valence-corrected chi connectivity index (χ3v) is 7.31. The molecule has 2 aromatic carbocycles. The lowest BCUT2D eigenvalue weighted by Gasteiger charge is -2.41. The summed E-state index contributed by atoms with van der Waals surface area (Å²) in [5.41, 5.74) is 1.77. The smallest absolute Gasteiger partial charge is 0.317 e. The van der Waals surface area contributed by atoms with Crippen molar-refractivity contribution in [2.24, 2.45) is 5.92 Å². The van der Waals surface area contributed by atoms with Gasteiger partial charge in [-0.3, -0.25) is 9.59 Å². The van der Waals surface area contributed by atoms with Crippen LogP contribution in [0.2, 0.25) is 0 Å². The molecular weight excluding hydrogens is 464 g/mol. The fourth-order valence-electron chi connectivity index (χ4n) is 4.84. The molecule has 2 N–H and O–H groups in total. The van der Waals surface area contributed by atoms with E-state index in [0.29, 0.717) is 26.2 Å². The van der Waals surface area contributed by atoms with Crippen molar-refractivity contribution < 1.29 is 14.4 Å². The lowest BCUT2D eigenvalue weighted by molar-refractivity contribution is -0.140. The van der Waals surface area contributed by atoms with Crippen molar-refractivity contribution in [1.82, 2.24) is 20.4 Å². The fraction of sp³-hybridized carbons (Fsp3) is 0.500. The number of carbonyl (C=O) groups excluding carboxylic acids is 3. The predicted octanol–water partition coefficient (Wildman–Crippen LogP) is 4.39. The zero-order chi connectivity index (χ0) is 26.8. The number of nitrogens with zero attached hydrogens (tertiary/aromatic N) is 2. The van der Waals surface area contributed by atoms with Crippen molar-refractivity contribution in [1.29, 1.82) is 0 Å². The second kappa shape index (κ2) is 13.8. The number of hydrogen-bond donors (Lipinski definition) is 2. The summed E-state index contributed by atoms with van der Waals surface area (Å²) in [6.07, 6.45) is 2.73. The lowest BCUT2D eigenvalue weighted by atomic mass is 9.89. The molecule has 2 aromatic rings. The maximum atomic E-state index is 13.8. The first-order valence-electron chi connectivity index (χ1n) is 13.6. The number of urea groups is 1. The highest BCUT2D eigenvalue weighted by molar-refractivity contribution is 5.92. The molecule has 3 atom stereocenters. The van der Waals surface area contributed by atoms with Crippen LogP contribution in [0.4, 0.5) is 4.79 Å². The number of benzene rings is 2. The van der Waals surface area contributed by atoms with Crippen LogP contribution in [0.1, 0.15) is 64.0 Å². The molecule has 1 fully saturated rings. The van der Waals surface area contributed by atoms with E-state index in [-0.39, 0.29) is 29.8 Å². The normalized spacial score (nSPS) is 17.3. The number of hydrogen-bond acceptors (Lipinski definition) is 3. The Labute approximate surface area is 221 Å². The van der Waals surface area contributed by atoms with E-state index in [0.717, 1.165) is 30.4 Å². The zero-order valence-corrected chi connectivity index (χ0v) is 22.7. The Morgan fingerprint density at radius 1 is 0.946 bits per heavy atom. The largest absolute Gasteiger partial charge is 0.343 e. The second-order valence-corrected chi connectivity index (χ2v) is 10.0. The molecular formula is C30H42N4O3. The number of nitrogens with one attached hydrogen (secondary N) is 2. The van der Waals surface area contributed by atoms with Crippen molar-refractivity contribution in [3.63, 3.8) is 0 Å². The molecule has 0 aromatic heterocycles. The molecule has 1 heterocycles. The predicted molar refractivity (Wildman–Crippen MR) is 147 cm³/mol. The van der Waals surface area contributed by atoms with Crippen LogP contribution < -0.4 is 10.6 Å². The van der Waals surface area contributed by atoms with Gasteiger partial charge in [-0.15, -0.1) is 0 Å². The first-order chi connectivity index (χ1) is 17.9. The van der Waals surface area contributed by atoms with Gasteiger partial charge in [0.2, 0.25) is 11.8 Å². The Morgan fingerprint density at radius 3 is 2.05 bits per heavy atom. The lowest BCUT2D eigenvalue weighted by Crippen LogP contribution is -2.61. The summed E-state index contributed by atoms with van der Waals surface area (Å²) >= 11 is 0. The SMILES string of the molecule is CCCCNC(=O)N1CCN(C(=O)C(NC(=O)C(c2ccccc2)c2ccccc2)C(C)CC)CC1C. The Kier molecular flexibility index (Phi) is 10.5. The number of rotatable bonds is 10. The second-order valence-electron chi connectivity index (χ2n) is 10.0. The standard InChI is InChI=1S/C30H42N4O3/c1-5-7-18-31-30(37)34-20-19-33(21-23(34)4)29(36)27(22(3)6-2)32-28(35)26(24-14-10-8-11-15-24)25-16-12-9-13-17-25/h8-17,22-23,26-27H,5-7,18-21H2,1-4H3,(H,31,37)(H,32,35). The molecule has 3 rings (SSSR count). The molecule has 1 saturated heterocycles. The van der Waals surface area contributed by atoms with E-state index < -0.39 is 12.0 Å². The van der Waals surface area contributed by atoms with E-state index in [4.69, 9.17) is 0 Å². The quantitative estimate of drug-likeness (QED) is 0.469. The Bertz CT molecular complexity index is 975. The van der Waals surface area contributed by atoms with E-state index in [1.54, 1.807) is 9.80 Å². The first kappa shape index (κ1) is 28.2. The minimum Gasteiger partial charge on any atom is -0.343 e. The minimum atomic E-state index is -0.635. The van der Waals surface area contributed by atoms with E-state index in [1.165, 1.54) is 0 Å². The molecule has 0 spiro atoms. The van der Waals surface area contributed by atoms with E-state index in [1.807, 2.05) is 81.4 Å². The van der Waals surface area contributed by atoms with Gasteiger partial charge in [0.15, 0.2) is 0 Å². The highest BCUT2D eigenvalue weighted by Gasteiger charge is 2.36. The van der Waals surface area contributed by atoms with Gasteiger partial charge in [0.25, 0.3) is 0 Å². The molecule has 0 radical (unpaired) electrons. The zero-order valence-electron chi connectivity index (χ0n) is 22.7. The first-order valence-corrected chi connectivity index (χ1v) is 13.6. The number of unbranched alkanes of at least 4 members (excludes halogenated alkanes) is 1. The summed E-state index contributed by atoms with van der Waals surface area (Å²) in [5, 5.41) is 6.10. The number of piperazine rings is 1. The van der Waals surface area contributed by atoms with Crippen LogP contribution in [0.15, 0.2) is 60.7 Å². The molecule has 3 unspecified atom stereocenters. The monoisotopic (exact) mass is 506 g/mol. The van der Waals surface area contributed by atoms with Gasteiger partial charge in [-0.1, -0.05) is 94.3 Å². The van der Waals surface area contributed by atoms with Crippen LogP contribution in [-0.4, -0.2) is 65.9 Å². The van der Waals surface area contributed by atoms with Gasteiger partial charge >= 0.3 is 6.03 Å². The van der Waals surface area contributed by atoms with Crippen LogP contribution in [0.5, 0.6) is 0 Å². The highest BCUT2D eigenvalue weighted by Crippen LogP contribution is 2.26. The third kappa shape index (κ3) is 7.34. The van der Waals surface area contributed by atoms with Crippen LogP contribution in [-0.2, 0) is 9.59 Å². The van der Waals surface area contributed by atoms with Crippen LogP contribution in [0.25, 0.3) is 0 Å². The summed E-state index contributed by atoms with van der Waals surface area (Å²) in [5.74, 6) is -0.808. The number of amides is 4. The molecule has 1 aliphatic heterocycles. The average Bonchev–Trinajstić information content (AvgIpc) is 2.92. The van der Waals surface area contributed by atoms with Gasteiger partial charge in [0.05, 0.1) is 5.92 Å². The Balaban J connectivity index is 1.74. The van der Waals surface area contributed by atoms with E-state index in [9.17, 15) is 14.4 Å². The van der Waals surface area contributed by atoms with Gasteiger partial charge in [-0.05, 0) is 30.4 Å². The topological polar surface area (TPSA) is 81.8 Å². The van der Waals surface area contributed by atoms with E-state index >= 15 is 0 Å². The maximum Gasteiger partial charge on any atom is 0.317 e. The van der Waals surface area contributed by atoms with Gasteiger partial charge in [0, 0.05) is 32.2 Å². The minimum absolute atomic E-state index is 0.0330. The van der Waals surface area contributed by atoms with Crippen LogP contribution >= 0.6 is 0 Å². The van der Waals surface area contributed by atoms with Crippen molar-refractivity contribution in [2.45, 2.75) is 65.0 Å². The van der Waals surface area contributed by atoms with Crippen molar-refractivity contribution in [3.05, 3.63) is 71.8 Å². The molecule has 4 amide bonds. The van der Waals surface area contributed by atoms with Crippen LogP contribution in [0.3, 0.4) is 0 Å². The maximum absolute atomic E-state index is 13.8. The highest BCUT2D eigenvalue weighted by atomic mass is 16.2. The molecule has 37 heavy (non-hydrogen) atoms. The molecule has 1 aliphatic rings. The summed E-state index contributed by atoms with van der Waals surface area (Å²) in [6, 6.07) is 18.5. The summed E-state index contributed by atoms with van der Waals surface area (Å²) < 4.78 is 0. The van der Waals surface area contributed by atoms with Crippen LogP contribution in [0, 0.1) is 5.92 Å². The molecule has 200 valence electrons. The van der Waals surface area contributed by atoms with Crippen molar-refractivity contribution in [3.8, 4) is 0 Å². The Hall–Kier alpha value is -3.35. The number of carbonyl (C=O) groups is 3.